The number of hydrogen-bond acceptors (Lipinski definition) is 5. The molecule has 1 fully saturated rings. The third-order valence-electron chi connectivity index (χ3n) is 5.12. The zero-order chi connectivity index (χ0) is 18.5. The molecular weight excluding hydrogens is 368 g/mol. The molecule has 1 amide bonds. The lowest BCUT2D eigenvalue weighted by Gasteiger charge is -2.38. The maximum absolute atomic E-state index is 12.4. The van der Waals surface area contributed by atoms with E-state index in [1.165, 1.54) is 12.2 Å². The highest BCUT2D eigenvalue weighted by molar-refractivity contribution is 6.07. The van der Waals surface area contributed by atoms with Crippen LogP contribution in [-0.4, -0.2) is 60.5 Å². The van der Waals surface area contributed by atoms with Crippen molar-refractivity contribution in [2.75, 3.05) is 33.0 Å². The second kappa shape index (κ2) is 9.76. The predicted molar refractivity (Wildman–Crippen MR) is 106 cm³/mol. The summed E-state index contributed by atoms with van der Waals surface area (Å²) in [7, 11) is 0. The molecule has 148 valence electrons. The first-order valence-electron chi connectivity index (χ1n) is 9.27. The number of carbonyl (C=O) groups excluding carboxylic acids is 2. The Hall–Kier alpha value is -2.05. The Bertz CT molecular complexity index is 695. The second-order valence-electron chi connectivity index (χ2n) is 6.60. The standard InChI is InChI=1S/C20H26N2O4.ClH/c1-3-16(4-2)21-9-11-22(12-10-21)20(24)8-6-17(23)15-5-7-18-19(13-15)26-14-25-18;/h5-8,13,16H,3-4,9-12,14H2,1-2H3;1H/b8-6+;. The molecule has 3 rings (SSSR count). The first-order valence-corrected chi connectivity index (χ1v) is 9.27. The van der Waals surface area contributed by atoms with Crippen molar-refractivity contribution in [2.24, 2.45) is 0 Å². The van der Waals surface area contributed by atoms with E-state index < -0.39 is 0 Å². The van der Waals surface area contributed by atoms with E-state index in [0.29, 0.717) is 36.2 Å². The van der Waals surface area contributed by atoms with Crippen molar-refractivity contribution in [3.8, 4) is 11.5 Å². The minimum absolute atomic E-state index is 0. The fourth-order valence-corrected chi connectivity index (χ4v) is 3.51. The molecule has 6 nitrogen and oxygen atoms in total. The van der Waals surface area contributed by atoms with Crippen molar-refractivity contribution in [2.45, 2.75) is 32.7 Å². The number of nitrogens with zero attached hydrogens (tertiary/aromatic N) is 2. The minimum Gasteiger partial charge on any atom is -0.454 e. The van der Waals surface area contributed by atoms with Crippen molar-refractivity contribution >= 4 is 24.1 Å². The third kappa shape index (κ3) is 5.02. The van der Waals surface area contributed by atoms with Crippen molar-refractivity contribution in [1.29, 1.82) is 0 Å². The number of carbonyl (C=O) groups is 2. The van der Waals surface area contributed by atoms with Gasteiger partial charge in [-0.3, -0.25) is 14.5 Å². The third-order valence-corrected chi connectivity index (χ3v) is 5.12. The van der Waals surface area contributed by atoms with Crippen LogP contribution in [0.2, 0.25) is 0 Å². The van der Waals surface area contributed by atoms with E-state index >= 15 is 0 Å². The Labute approximate surface area is 166 Å². The van der Waals surface area contributed by atoms with Crippen LogP contribution in [-0.2, 0) is 4.79 Å². The largest absolute Gasteiger partial charge is 0.454 e. The topological polar surface area (TPSA) is 59.1 Å². The number of rotatable bonds is 6. The van der Waals surface area contributed by atoms with Gasteiger partial charge >= 0.3 is 0 Å². The van der Waals surface area contributed by atoms with Crippen LogP contribution in [0.5, 0.6) is 11.5 Å². The van der Waals surface area contributed by atoms with Gasteiger partial charge in [0.2, 0.25) is 12.7 Å². The van der Waals surface area contributed by atoms with E-state index in [9.17, 15) is 9.59 Å². The smallest absolute Gasteiger partial charge is 0.246 e. The summed E-state index contributed by atoms with van der Waals surface area (Å²) in [6, 6.07) is 5.63. The van der Waals surface area contributed by atoms with Crippen LogP contribution in [0, 0.1) is 0 Å². The number of amides is 1. The SMILES string of the molecule is CCC(CC)N1CCN(C(=O)/C=C/C(=O)c2ccc3c(c2)OCO3)CC1.Cl. The van der Waals surface area contributed by atoms with E-state index in [1.54, 1.807) is 18.2 Å². The summed E-state index contributed by atoms with van der Waals surface area (Å²) < 4.78 is 10.5. The lowest BCUT2D eigenvalue weighted by molar-refractivity contribution is -0.128. The van der Waals surface area contributed by atoms with Gasteiger partial charge in [-0.1, -0.05) is 13.8 Å². The summed E-state index contributed by atoms with van der Waals surface area (Å²) in [6.07, 6.45) is 4.98. The van der Waals surface area contributed by atoms with Gasteiger partial charge in [0, 0.05) is 43.9 Å². The molecule has 0 spiro atoms. The van der Waals surface area contributed by atoms with Gasteiger partial charge in [0.1, 0.15) is 0 Å². The van der Waals surface area contributed by atoms with Crippen LogP contribution in [0.25, 0.3) is 0 Å². The molecule has 0 unspecified atom stereocenters. The number of halogens is 1. The number of ketones is 1. The average Bonchev–Trinajstić information content (AvgIpc) is 3.15. The zero-order valence-corrected chi connectivity index (χ0v) is 16.7. The molecular formula is C20H27ClN2O4. The molecule has 7 heteroatoms. The van der Waals surface area contributed by atoms with Crippen LogP contribution in [0.3, 0.4) is 0 Å². The molecule has 0 radical (unpaired) electrons. The van der Waals surface area contributed by atoms with E-state index in [0.717, 1.165) is 25.9 Å². The highest BCUT2D eigenvalue weighted by Crippen LogP contribution is 2.32. The van der Waals surface area contributed by atoms with E-state index in [1.807, 2.05) is 4.90 Å². The van der Waals surface area contributed by atoms with Crippen LogP contribution in [0.15, 0.2) is 30.4 Å². The number of ether oxygens (including phenoxy) is 2. The molecule has 0 atom stereocenters. The molecule has 1 aromatic rings. The van der Waals surface area contributed by atoms with E-state index in [4.69, 9.17) is 9.47 Å². The molecule has 1 saturated heterocycles. The van der Waals surface area contributed by atoms with Gasteiger partial charge in [0.25, 0.3) is 0 Å². The number of piperazine rings is 1. The molecule has 2 aliphatic rings. The molecule has 0 aliphatic carbocycles. The van der Waals surface area contributed by atoms with Crippen LogP contribution < -0.4 is 9.47 Å². The highest BCUT2D eigenvalue weighted by atomic mass is 35.5. The number of benzene rings is 1. The van der Waals surface area contributed by atoms with Crippen molar-refractivity contribution < 1.29 is 19.1 Å². The van der Waals surface area contributed by atoms with Gasteiger partial charge in [-0.25, -0.2) is 0 Å². The molecule has 0 bridgehead atoms. The molecule has 2 heterocycles. The van der Waals surface area contributed by atoms with Crippen LogP contribution >= 0.6 is 12.4 Å². The van der Waals surface area contributed by atoms with Gasteiger partial charge in [-0.2, -0.15) is 0 Å². The number of fused-ring (bicyclic) bond motifs is 1. The lowest BCUT2D eigenvalue weighted by Crippen LogP contribution is -2.51. The highest BCUT2D eigenvalue weighted by Gasteiger charge is 2.23. The first-order chi connectivity index (χ1) is 12.6. The fourth-order valence-electron chi connectivity index (χ4n) is 3.51. The van der Waals surface area contributed by atoms with Crippen molar-refractivity contribution in [3.05, 3.63) is 35.9 Å². The van der Waals surface area contributed by atoms with Crippen LogP contribution in [0.1, 0.15) is 37.0 Å². The number of hydrogen-bond donors (Lipinski definition) is 0. The maximum Gasteiger partial charge on any atom is 0.246 e. The Kier molecular flexibility index (Phi) is 7.68. The quantitative estimate of drug-likeness (QED) is 0.548. The summed E-state index contributed by atoms with van der Waals surface area (Å²) in [4.78, 5) is 28.9. The number of allylic oxidation sites excluding steroid dienone is 1. The summed E-state index contributed by atoms with van der Waals surface area (Å²) in [6.45, 7) is 7.77. The normalized spacial score (nSPS) is 16.6. The van der Waals surface area contributed by atoms with Crippen molar-refractivity contribution in [1.82, 2.24) is 9.80 Å². The summed E-state index contributed by atoms with van der Waals surface area (Å²) in [5, 5.41) is 0. The van der Waals surface area contributed by atoms with E-state index in [-0.39, 0.29) is 30.9 Å². The fraction of sp³-hybridized carbons (Fsp3) is 0.500. The summed E-state index contributed by atoms with van der Waals surface area (Å²) >= 11 is 0. The lowest BCUT2D eigenvalue weighted by atomic mass is 10.1. The minimum atomic E-state index is -0.215. The Balaban J connectivity index is 0.00000261. The van der Waals surface area contributed by atoms with Gasteiger partial charge < -0.3 is 14.4 Å². The molecule has 0 aromatic heterocycles. The van der Waals surface area contributed by atoms with Crippen LogP contribution in [0.4, 0.5) is 0 Å². The Morgan fingerprint density at radius 3 is 2.37 bits per heavy atom. The van der Waals surface area contributed by atoms with Gasteiger partial charge in [0.15, 0.2) is 17.3 Å². The molecule has 0 saturated carbocycles. The summed E-state index contributed by atoms with van der Waals surface area (Å²) in [5.74, 6) is 0.876. The van der Waals surface area contributed by atoms with E-state index in [2.05, 4.69) is 18.7 Å². The maximum atomic E-state index is 12.4. The predicted octanol–water partition coefficient (Wildman–Crippen LogP) is 2.91. The average molecular weight is 395 g/mol. The first kappa shape index (κ1) is 21.3. The zero-order valence-electron chi connectivity index (χ0n) is 15.8. The molecule has 1 aromatic carbocycles. The second-order valence-corrected chi connectivity index (χ2v) is 6.60. The Morgan fingerprint density at radius 2 is 1.70 bits per heavy atom. The van der Waals surface area contributed by atoms with Gasteiger partial charge in [-0.05, 0) is 37.1 Å². The molecule has 27 heavy (non-hydrogen) atoms. The van der Waals surface area contributed by atoms with Crippen molar-refractivity contribution in [3.63, 3.8) is 0 Å². The monoisotopic (exact) mass is 394 g/mol. The Morgan fingerprint density at radius 1 is 1.04 bits per heavy atom. The van der Waals surface area contributed by atoms with Gasteiger partial charge in [0.05, 0.1) is 0 Å². The molecule has 0 N–H and O–H groups in total. The van der Waals surface area contributed by atoms with Gasteiger partial charge in [-0.15, -0.1) is 12.4 Å². The summed E-state index contributed by atoms with van der Waals surface area (Å²) in [5.41, 5.74) is 0.483. The molecule has 2 aliphatic heterocycles.